The van der Waals surface area contributed by atoms with E-state index in [0.29, 0.717) is 11.6 Å². The highest BCUT2D eigenvalue weighted by Crippen LogP contribution is 2.32. The van der Waals surface area contributed by atoms with E-state index < -0.39 is 0 Å². The summed E-state index contributed by atoms with van der Waals surface area (Å²) in [5.74, 6) is 1.72. The molecule has 0 saturated heterocycles. The van der Waals surface area contributed by atoms with Gasteiger partial charge in [0.15, 0.2) is 5.82 Å². The first-order valence-corrected chi connectivity index (χ1v) is 7.96. The summed E-state index contributed by atoms with van der Waals surface area (Å²) >= 11 is 0. The van der Waals surface area contributed by atoms with Gasteiger partial charge in [0, 0.05) is 24.0 Å². The van der Waals surface area contributed by atoms with Gasteiger partial charge in [0.25, 0.3) is 0 Å². The van der Waals surface area contributed by atoms with Crippen molar-refractivity contribution in [2.24, 2.45) is 0 Å². The Bertz CT molecular complexity index is 580. The molecule has 0 atom stereocenters. The van der Waals surface area contributed by atoms with Crippen molar-refractivity contribution in [3.05, 3.63) is 36.9 Å². The van der Waals surface area contributed by atoms with Crippen molar-refractivity contribution < 1.29 is 0 Å². The summed E-state index contributed by atoms with van der Waals surface area (Å²) in [6.45, 7) is 2.36. The molecule has 3 rings (SSSR count). The average Bonchev–Trinajstić information content (AvgIpc) is 3.05. The SMILES string of the molecule is CN(C)C1(C)CCC(Nc2cnc(-n3cccc3)cn2)CC1. The molecule has 1 aliphatic carbocycles. The highest BCUT2D eigenvalue weighted by atomic mass is 15.1. The van der Waals surface area contributed by atoms with E-state index in [2.05, 4.69) is 41.2 Å². The lowest BCUT2D eigenvalue weighted by Crippen LogP contribution is -2.46. The van der Waals surface area contributed by atoms with E-state index in [1.54, 1.807) is 0 Å². The van der Waals surface area contributed by atoms with Crippen LogP contribution in [0.4, 0.5) is 5.82 Å². The Kier molecular flexibility index (Phi) is 4.16. The predicted octanol–water partition coefficient (Wildman–Crippen LogP) is 2.94. The van der Waals surface area contributed by atoms with E-state index in [9.17, 15) is 0 Å². The maximum Gasteiger partial charge on any atom is 0.155 e. The normalized spacial score (nSPS) is 25.4. The van der Waals surface area contributed by atoms with Gasteiger partial charge in [0.1, 0.15) is 5.82 Å². The smallest absolute Gasteiger partial charge is 0.155 e. The minimum Gasteiger partial charge on any atom is -0.366 e. The molecule has 1 N–H and O–H groups in total. The van der Waals surface area contributed by atoms with E-state index in [1.165, 1.54) is 25.7 Å². The Balaban J connectivity index is 1.58. The number of aromatic nitrogens is 3. The van der Waals surface area contributed by atoms with Crippen molar-refractivity contribution in [3.8, 4) is 5.82 Å². The van der Waals surface area contributed by atoms with Gasteiger partial charge in [0.2, 0.25) is 0 Å². The van der Waals surface area contributed by atoms with Crippen LogP contribution in [-0.2, 0) is 0 Å². The molecule has 0 amide bonds. The molecule has 0 aliphatic heterocycles. The fourth-order valence-corrected chi connectivity index (χ4v) is 3.06. The fourth-order valence-electron chi connectivity index (χ4n) is 3.06. The molecule has 0 spiro atoms. The lowest BCUT2D eigenvalue weighted by Gasteiger charge is -2.42. The van der Waals surface area contributed by atoms with Crippen LogP contribution in [0.5, 0.6) is 0 Å². The van der Waals surface area contributed by atoms with Crippen LogP contribution in [0.2, 0.25) is 0 Å². The van der Waals surface area contributed by atoms with E-state index in [0.717, 1.165) is 11.6 Å². The van der Waals surface area contributed by atoms with Crippen LogP contribution in [-0.4, -0.2) is 45.1 Å². The van der Waals surface area contributed by atoms with E-state index in [-0.39, 0.29) is 0 Å². The van der Waals surface area contributed by atoms with Crippen molar-refractivity contribution in [1.29, 1.82) is 0 Å². The number of anilines is 1. The van der Waals surface area contributed by atoms with E-state index in [1.807, 2.05) is 41.5 Å². The monoisotopic (exact) mass is 299 g/mol. The van der Waals surface area contributed by atoms with Gasteiger partial charge < -0.3 is 14.8 Å². The van der Waals surface area contributed by atoms with Crippen LogP contribution in [0, 0.1) is 0 Å². The highest BCUT2D eigenvalue weighted by molar-refractivity contribution is 5.35. The van der Waals surface area contributed by atoms with E-state index in [4.69, 9.17) is 0 Å². The third-order valence-corrected chi connectivity index (χ3v) is 5.00. The molecule has 1 aliphatic rings. The second kappa shape index (κ2) is 6.08. The molecule has 0 bridgehead atoms. The number of rotatable bonds is 4. The van der Waals surface area contributed by atoms with Crippen molar-refractivity contribution in [2.45, 2.75) is 44.2 Å². The zero-order chi connectivity index (χ0) is 15.6. The third-order valence-electron chi connectivity index (χ3n) is 5.00. The average molecular weight is 299 g/mol. The Morgan fingerprint density at radius 2 is 1.82 bits per heavy atom. The number of hydrogen-bond acceptors (Lipinski definition) is 4. The standard InChI is InChI=1S/C17H25N5/c1-17(21(2)3)8-6-14(7-9-17)20-15-12-19-16(13-18-15)22-10-4-5-11-22/h4-5,10-14H,6-9H2,1-3H3,(H,18,20). The predicted molar refractivity (Wildman–Crippen MR) is 89.3 cm³/mol. The number of nitrogens with zero attached hydrogens (tertiary/aromatic N) is 4. The van der Waals surface area contributed by atoms with Crippen LogP contribution in [0.15, 0.2) is 36.9 Å². The zero-order valence-corrected chi connectivity index (χ0v) is 13.7. The lowest BCUT2D eigenvalue weighted by atomic mass is 9.80. The summed E-state index contributed by atoms with van der Waals surface area (Å²) in [6, 6.07) is 4.47. The Labute approximate surface area is 132 Å². The zero-order valence-electron chi connectivity index (χ0n) is 13.7. The minimum absolute atomic E-state index is 0.335. The second-order valence-electron chi connectivity index (χ2n) is 6.66. The van der Waals surface area contributed by atoms with Gasteiger partial charge in [-0.15, -0.1) is 0 Å². The van der Waals surface area contributed by atoms with Crippen molar-refractivity contribution in [1.82, 2.24) is 19.4 Å². The van der Waals surface area contributed by atoms with Crippen molar-refractivity contribution in [3.63, 3.8) is 0 Å². The first-order valence-electron chi connectivity index (χ1n) is 7.96. The summed E-state index contributed by atoms with van der Waals surface area (Å²) in [4.78, 5) is 11.3. The molecular weight excluding hydrogens is 274 g/mol. The summed E-state index contributed by atoms with van der Waals surface area (Å²) in [5, 5.41) is 3.53. The number of nitrogens with one attached hydrogen (secondary N) is 1. The van der Waals surface area contributed by atoms with Gasteiger partial charge in [-0.2, -0.15) is 0 Å². The molecule has 1 saturated carbocycles. The molecule has 5 heteroatoms. The molecule has 0 aromatic carbocycles. The first-order chi connectivity index (χ1) is 10.6. The first kappa shape index (κ1) is 15.0. The topological polar surface area (TPSA) is 46.0 Å². The molecule has 118 valence electrons. The summed E-state index contributed by atoms with van der Waals surface area (Å²) in [5.41, 5.74) is 0.335. The fraction of sp³-hybridized carbons (Fsp3) is 0.529. The molecule has 0 unspecified atom stereocenters. The highest BCUT2D eigenvalue weighted by Gasteiger charge is 2.32. The Morgan fingerprint density at radius 1 is 1.14 bits per heavy atom. The number of hydrogen-bond donors (Lipinski definition) is 1. The van der Waals surface area contributed by atoms with Crippen molar-refractivity contribution in [2.75, 3.05) is 19.4 Å². The molecule has 5 nitrogen and oxygen atoms in total. The molecule has 1 fully saturated rings. The van der Waals surface area contributed by atoms with Crippen LogP contribution >= 0.6 is 0 Å². The summed E-state index contributed by atoms with van der Waals surface area (Å²) < 4.78 is 1.96. The lowest BCUT2D eigenvalue weighted by molar-refractivity contribution is 0.116. The molecule has 2 heterocycles. The Morgan fingerprint density at radius 3 is 2.36 bits per heavy atom. The van der Waals surface area contributed by atoms with E-state index >= 15 is 0 Å². The van der Waals surface area contributed by atoms with Gasteiger partial charge in [-0.3, -0.25) is 0 Å². The van der Waals surface area contributed by atoms with Gasteiger partial charge in [-0.1, -0.05) is 0 Å². The molecular formula is C17H25N5. The molecule has 22 heavy (non-hydrogen) atoms. The van der Waals surface area contributed by atoms with Gasteiger partial charge in [0.05, 0.1) is 12.4 Å². The second-order valence-corrected chi connectivity index (χ2v) is 6.66. The Hall–Kier alpha value is -1.88. The summed E-state index contributed by atoms with van der Waals surface area (Å²) in [6.07, 6.45) is 12.4. The summed E-state index contributed by atoms with van der Waals surface area (Å²) in [7, 11) is 4.36. The maximum absolute atomic E-state index is 4.50. The van der Waals surface area contributed by atoms with Gasteiger partial charge in [-0.05, 0) is 58.8 Å². The largest absolute Gasteiger partial charge is 0.366 e. The quantitative estimate of drug-likeness (QED) is 0.943. The van der Waals surface area contributed by atoms with Crippen LogP contribution in [0.3, 0.4) is 0 Å². The maximum atomic E-state index is 4.50. The molecule has 2 aromatic rings. The molecule has 0 radical (unpaired) electrons. The third kappa shape index (κ3) is 3.14. The molecule has 2 aromatic heterocycles. The van der Waals surface area contributed by atoms with Gasteiger partial charge >= 0.3 is 0 Å². The minimum atomic E-state index is 0.335. The van der Waals surface area contributed by atoms with Crippen molar-refractivity contribution >= 4 is 5.82 Å². The van der Waals surface area contributed by atoms with Crippen LogP contribution in [0.1, 0.15) is 32.6 Å². The van der Waals surface area contributed by atoms with Crippen LogP contribution in [0.25, 0.3) is 5.82 Å². The van der Waals surface area contributed by atoms with Gasteiger partial charge in [-0.25, -0.2) is 9.97 Å². The van der Waals surface area contributed by atoms with Crippen LogP contribution < -0.4 is 5.32 Å².